The fraction of sp³-hybridized carbons (Fsp3) is 0.357. The molecule has 1 aliphatic carbocycles. The summed E-state index contributed by atoms with van der Waals surface area (Å²) in [5, 5.41) is 10.4. The maximum atomic E-state index is 11.6. The lowest BCUT2D eigenvalue weighted by Gasteiger charge is -2.02. The Kier molecular flexibility index (Phi) is 3.37. The monoisotopic (exact) mass is 273 g/mol. The molecule has 1 aromatic heterocycles. The summed E-state index contributed by atoms with van der Waals surface area (Å²) in [7, 11) is 0. The van der Waals surface area contributed by atoms with E-state index < -0.39 is 0 Å². The van der Waals surface area contributed by atoms with E-state index in [0.29, 0.717) is 12.5 Å². The van der Waals surface area contributed by atoms with Gasteiger partial charge in [-0.15, -0.1) is 5.10 Å². The molecule has 0 saturated heterocycles. The Morgan fingerprint density at radius 3 is 2.75 bits per heavy atom. The van der Waals surface area contributed by atoms with E-state index in [2.05, 4.69) is 15.5 Å². The lowest BCUT2D eigenvalue weighted by atomic mass is 10.2. The van der Waals surface area contributed by atoms with Crippen molar-refractivity contribution in [3.05, 3.63) is 24.3 Å². The number of hydrogen-bond donors (Lipinski definition) is 1. The summed E-state index contributed by atoms with van der Waals surface area (Å²) in [6.45, 7) is 2.55. The molecular formula is C14H15N3O3. The second kappa shape index (κ2) is 5.32. The van der Waals surface area contributed by atoms with Gasteiger partial charge in [0.05, 0.1) is 6.61 Å². The van der Waals surface area contributed by atoms with Crippen molar-refractivity contribution in [2.75, 3.05) is 11.9 Å². The van der Waals surface area contributed by atoms with Gasteiger partial charge in [0.25, 0.3) is 0 Å². The van der Waals surface area contributed by atoms with Gasteiger partial charge in [0.15, 0.2) is 0 Å². The first-order valence-electron chi connectivity index (χ1n) is 6.64. The molecule has 20 heavy (non-hydrogen) atoms. The van der Waals surface area contributed by atoms with E-state index in [0.717, 1.165) is 24.2 Å². The van der Waals surface area contributed by atoms with Gasteiger partial charge in [0.1, 0.15) is 5.75 Å². The third-order valence-electron chi connectivity index (χ3n) is 3.02. The number of carbonyl (C=O) groups excluding carboxylic acids is 1. The van der Waals surface area contributed by atoms with E-state index in [1.54, 1.807) is 0 Å². The van der Waals surface area contributed by atoms with Crippen LogP contribution >= 0.6 is 0 Å². The Morgan fingerprint density at radius 1 is 1.35 bits per heavy atom. The van der Waals surface area contributed by atoms with Gasteiger partial charge in [-0.1, -0.05) is 5.10 Å². The van der Waals surface area contributed by atoms with Crippen LogP contribution in [0.15, 0.2) is 28.7 Å². The van der Waals surface area contributed by atoms with Crippen molar-refractivity contribution in [1.29, 1.82) is 0 Å². The Morgan fingerprint density at radius 2 is 2.10 bits per heavy atom. The van der Waals surface area contributed by atoms with Crippen molar-refractivity contribution in [2.24, 2.45) is 5.92 Å². The van der Waals surface area contributed by atoms with E-state index in [-0.39, 0.29) is 17.8 Å². The van der Waals surface area contributed by atoms with Crippen molar-refractivity contribution < 1.29 is 13.9 Å². The number of nitrogens with one attached hydrogen (secondary N) is 1. The van der Waals surface area contributed by atoms with Crippen LogP contribution in [0.2, 0.25) is 0 Å². The SMILES string of the molecule is CCOc1ccc(-c2nnc(NC(=O)C3CC3)o2)cc1. The van der Waals surface area contributed by atoms with Crippen LogP contribution in [0.4, 0.5) is 6.01 Å². The largest absolute Gasteiger partial charge is 0.494 e. The molecule has 0 radical (unpaired) electrons. The molecule has 3 rings (SSSR count). The number of rotatable bonds is 5. The molecule has 0 unspecified atom stereocenters. The minimum absolute atomic E-state index is 0.0492. The van der Waals surface area contributed by atoms with E-state index in [9.17, 15) is 4.79 Å². The number of benzene rings is 1. The Labute approximate surface area is 116 Å². The Bertz CT molecular complexity index is 602. The summed E-state index contributed by atoms with van der Waals surface area (Å²) in [6, 6.07) is 7.50. The fourth-order valence-corrected chi connectivity index (χ4v) is 1.80. The lowest BCUT2D eigenvalue weighted by molar-refractivity contribution is -0.117. The van der Waals surface area contributed by atoms with Crippen LogP contribution in [0.3, 0.4) is 0 Å². The summed E-state index contributed by atoms with van der Waals surface area (Å²) < 4.78 is 10.8. The smallest absolute Gasteiger partial charge is 0.322 e. The second-order valence-electron chi connectivity index (χ2n) is 4.63. The summed E-state index contributed by atoms with van der Waals surface area (Å²) in [5.41, 5.74) is 0.785. The number of anilines is 1. The van der Waals surface area contributed by atoms with Gasteiger partial charge in [-0.25, -0.2) is 0 Å². The molecule has 1 aliphatic rings. The number of ether oxygens (including phenoxy) is 1. The third kappa shape index (κ3) is 2.79. The second-order valence-corrected chi connectivity index (χ2v) is 4.63. The van der Waals surface area contributed by atoms with Crippen LogP contribution in [0.1, 0.15) is 19.8 Å². The van der Waals surface area contributed by atoms with E-state index in [4.69, 9.17) is 9.15 Å². The van der Waals surface area contributed by atoms with Crippen LogP contribution in [0, 0.1) is 5.92 Å². The highest BCUT2D eigenvalue weighted by Crippen LogP contribution is 2.30. The highest BCUT2D eigenvalue weighted by molar-refractivity contribution is 5.92. The third-order valence-corrected chi connectivity index (χ3v) is 3.02. The van der Waals surface area contributed by atoms with Crippen LogP contribution in [-0.2, 0) is 4.79 Å². The molecule has 1 amide bonds. The first kappa shape index (κ1) is 12.7. The van der Waals surface area contributed by atoms with Crippen molar-refractivity contribution in [3.8, 4) is 17.2 Å². The quantitative estimate of drug-likeness (QED) is 0.905. The average molecular weight is 273 g/mol. The maximum Gasteiger partial charge on any atom is 0.322 e. The van der Waals surface area contributed by atoms with Crippen molar-refractivity contribution in [1.82, 2.24) is 10.2 Å². The predicted octanol–water partition coefficient (Wildman–Crippen LogP) is 2.48. The molecule has 0 spiro atoms. The van der Waals surface area contributed by atoms with Crippen molar-refractivity contribution in [3.63, 3.8) is 0 Å². The van der Waals surface area contributed by atoms with E-state index in [1.807, 2.05) is 31.2 Å². The molecule has 1 fully saturated rings. The number of amides is 1. The normalized spacial score (nSPS) is 14.1. The molecule has 0 aliphatic heterocycles. The van der Waals surface area contributed by atoms with Crippen molar-refractivity contribution in [2.45, 2.75) is 19.8 Å². The standard InChI is InChI=1S/C14H15N3O3/c1-2-19-11-7-5-10(6-8-11)13-16-17-14(20-13)15-12(18)9-3-4-9/h5-9H,2-4H2,1H3,(H,15,17,18). The molecule has 1 aromatic carbocycles. The number of carbonyl (C=O) groups is 1. The molecule has 1 heterocycles. The lowest BCUT2D eigenvalue weighted by Crippen LogP contribution is -2.13. The highest BCUT2D eigenvalue weighted by atomic mass is 16.5. The topological polar surface area (TPSA) is 77.3 Å². The highest BCUT2D eigenvalue weighted by Gasteiger charge is 2.30. The molecule has 1 saturated carbocycles. The van der Waals surface area contributed by atoms with Gasteiger partial charge in [-0.05, 0) is 44.0 Å². The molecular weight excluding hydrogens is 258 g/mol. The van der Waals surface area contributed by atoms with E-state index in [1.165, 1.54) is 0 Å². The van der Waals surface area contributed by atoms with Gasteiger partial charge in [0.2, 0.25) is 11.8 Å². The summed E-state index contributed by atoms with van der Waals surface area (Å²) in [5.74, 6) is 1.22. The van der Waals surface area contributed by atoms with Gasteiger partial charge in [-0.2, -0.15) is 0 Å². The molecule has 6 heteroatoms. The summed E-state index contributed by atoms with van der Waals surface area (Å²) >= 11 is 0. The molecule has 104 valence electrons. The minimum Gasteiger partial charge on any atom is -0.494 e. The Hall–Kier alpha value is -2.37. The van der Waals surface area contributed by atoms with Gasteiger partial charge in [0, 0.05) is 11.5 Å². The Balaban J connectivity index is 1.70. The number of aromatic nitrogens is 2. The zero-order chi connectivity index (χ0) is 13.9. The van der Waals surface area contributed by atoms with Crippen LogP contribution < -0.4 is 10.1 Å². The number of nitrogens with zero attached hydrogens (tertiary/aromatic N) is 2. The van der Waals surface area contributed by atoms with Crippen molar-refractivity contribution >= 4 is 11.9 Å². The van der Waals surface area contributed by atoms with Crippen LogP contribution in [0.5, 0.6) is 5.75 Å². The molecule has 1 N–H and O–H groups in total. The maximum absolute atomic E-state index is 11.6. The summed E-state index contributed by atoms with van der Waals surface area (Å²) in [6.07, 6.45) is 1.87. The minimum atomic E-state index is -0.0492. The molecule has 0 atom stereocenters. The molecule has 0 bridgehead atoms. The first-order valence-corrected chi connectivity index (χ1v) is 6.64. The zero-order valence-corrected chi connectivity index (χ0v) is 11.1. The van der Waals surface area contributed by atoms with Gasteiger partial charge in [-0.3, -0.25) is 10.1 Å². The molecule has 2 aromatic rings. The summed E-state index contributed by atoms with van der Waals surface area (Å²) in [4.78, 5) is 11.6. The van der Waals surface area contributed by atoms with E-state index >= 15 is 0 Å². The number of hydrogen-bond acceptors (Lipinski definition) is 5. The first-order chi connectivity index (χ1) is 9.76. The predicted molar refractivity (Wildman–Crippen MR) is 72.3 cm³/mol. The van der Waals surface area contributed by atoms with Gasteiger partial charge < -0.3 is 9.15 Å². The fourth-order valence-electron chi connectivity index (χ4n) is 1.80. The average Bonchev–Trinajstić information content (AvgIpc) is 3.21. The zero-order valence-electron chi connectivity index (χ0n) is 11.1. The van der Waals surface area contributed by atoms with Crippen LogP contribution in [0.25, 0.3) is 11.5 Å². The molecule has 6 nitrogen and oxygen atoms in total. The van der Waals surface area contributed by atoms with Crippen LogP contribution in [-0.4, -0.2) is 22.7 Å². The van der Waals surface area contributed by atoms with Gasteiger partial charge >= 0.3 is 6.01 Å².